The van der Waals surface area contributed by atoms with Gasteiger partial charge in [-0.25, -0.2) is 9.79 Å². The number of carbonyl (C=O) groups is 2. The van der Waals surface area contributed by atoms with Gasteiger partial charge in [0.15, 0.2) is 5.17 Å². The van der Waals surface area contributed by atoms with Crippen molar-refractivity contribution < 1.29 is 19.1 Å². The van der Waals surface area contributed by atoms with Crippen LogP contribution in [0.2, 0.25) is 0 Å². The fourth-order valence-electron chi connectivity index (χ4n) is 4.67. The number of rotatable bonds is 6. The number of ether oxygens (including phenoxy) is 2. The van der Waals surface area contributed by atoms with E-state index >= 15 is 0 Å². The van der Waals surface area contributed by atoms with Crippen LogP contribution in [0.5, 0.6) is 5.75 Å². The first-order valence-corrected chi connectivity index (χ1v) is 12.3. The number of hydrogen-bond donors (Lipinski definition) is 0. The van der Waals surface area contributed by atoms with Crippen molar-refractivity contribution in [3.63, 3.8) is 0 Å². The largest absolute Gasteiger partial charge is 0.496 e. The molecule has 8 heteroatoms. The third-order valence-electron chi connectivity index (χ3n) is 6.21. The molecule has 3 aromatic rings. The van der Waals surface area contributed by atoms with E-state index in [4.69, 9.17) is 9.47 Å². The number of esters is 1. The SMILES string of the molecule is CCOC(=O)C1=C(C)N=C2SC(Cc3cccnc3)C(=O)N2C1c1c(OC)ccc2ccccc12. The molecule has 0 N–H and O–H groups in total. The van der Waals surface area contributed by atoms with Gasteiger partial charge in [0.1, 0.15) is 11.8 Å². The quantitative estimate of drug-likeness (QED) is 0.470. The molecule has 2 aliphatic rings. The minimum Gasteiger partial charge on any atom is -0.496 e. The molecule has 0 bridgehead atoms. The summed E-state index contributed by atoms with van der Waals surface area (Å²) in [6, 6.07) is 14.8. The van der Waals surface area contributed by atoms with Gasteiger partial charge in [0.05, 0.1) is 30.2 Å². The molecule has 35 heavy (non-hydrogen) atoms. The Labute approximate surface area is 207 Å². The first kappa shape index (κ1) is 23.1. The molecular weight excluding hydrogens is 462 g/mol. The van der Waals surface area contributed by atoms with Gasteiger partial charge < -0.3 is 9.47 Å². The van der Waals surface area contributed by atoms with E-state index in [9.17, 15) is 9.59 Å². The van der Waals surface area contributed by atoms with E-state index in [1.807, 2.05) is 48.5 Å². The highest BCUT2D eigenvalue weighted by molar-refractivity contribution is 8.15. The lowest BCUT2D eigenvalue weighted by Crippen LogP contribution is -2.41. The molecule has 2 aromatic carbocycles. The van der Waals surface area contributed by atoms with Crippen molar-refractivity contribution >= 4 is 39.6 Å². The van der Waals surface area contributed by atoms with Gasteiger partial charge in [0.25, 0.3) is 0 Å². The van der Waals surface area contributed by atoms with E-state index in [1.54, 1.807) is 38.3 Å². The monoisotopic (exact) mass is 487 g/mol. The van der Waals surface area contributed by atoms with Crippen LogP contribution < -0.4 is 4.74 Å². The summed E-state index contributed by atoms with van der Waals surface area (Å²) in [7, 11) is 1.60. The number of fused-ring (bicyclic) bond motifs is 2. The van der Waals surface area contributed by atoms with Gasteiger partial charge >= 0.3 is 5.97 Å². The third-order valence-corrected chi connectivity index (χ3v) is 7.37. The van der Waals surface area contributed by atoms with Crippen LogP contribution in [0.1, 0.15) is 31.0 Å². The minimum absolute atomic E-state index is 0.105. The summed E-state index contributed by atoms with van der Waals surface area (Å²) < 4.78 is 11.2. The molecular formula is C27H25N3O4S. The first-order valence-electron chi connectivity index (χ1n) is 11.4. The zero-order chi connectivity index (χ0) is 24.5. The van der Waals surface area contributed by atoms with Crippen LogP contribution >= 0.6 is 11.8 Å². The van der Waals surface area contributed by atoms with Gasteiger partial charge in [0, 0.05) is 18.0 Å². The second-order valence-electron chi connectivity index (χ2n) is 8.30. The predicted molar refractivity (Wildman–Crippen MR) is 136 cm³/mol. The average molecular weight is 488 g/mol. The highest BCUT2D eigenvalue weighted by Crippen LogP contribution is 2.48. The van der Waals surface area contributed by atoms with Gasteiger partial charge in [-0.2, -0.15) is 0 Å². The zero-order valence-corrected chi connectivity index (χ0v) is 20.5. The Balaban J connectivity index is 1.68. The molecule has 0 spiro atoms. The lowest BCUT2D eigenvalue weighted by Gasteiger charge is -2.34. The summed E-state index contributed by atoms with van der Waals surface area (Å²) >= 11 is 1.42. The number of amides is 1. The summed E-state index contributed by atoms with van der Waals surface area (Å²) in [4.78, 5) is 37.7. The molecule has 2 atom stereocenters. The van der Waals surface area contributed by atoms with Gasteiger partial charge in [-0.3, -0.25) is 14.7 Å². The number of thioether (sulfide) groups is 1. The summed E-state index contributed by atoms with van der Waals surface area (Å²) in [5.41, 5.74) is 2.60. The molecule has 1 amide bonds. The van der Waals surface area contributed by atoms with Gasteiger partial charge in [-0.15, -0.1) is 0 Å². The van der Waals surface area contributed by atoms with Crippen LogP contribution in [-0.4, -0.2) is 45.9 Å². The fraction of sp³-hybridized carbons (Fsp3) is 0.259. The molecule has 0 radical (unpaired) electrons. The molecule has 3 heterocycles. The first-order chi connectivity index (χ1) is 17.0. The standard InChI is InChI=1S/C27H25N3O4S/c1-4-34-26(32)22-16(2)29-27-30(25(31)21(35-27)14-17-8-7-13-28-15-17)24(22)23-19-10-6-5-9-18(19)11-12-20(23)33-3/h5-13,15,21,24H,4,14H2,1-3H3. The van der Waals surface area contributed by atoms with Crippen LogP contribution in [0.3, 0.4) is 0 Å². The van der Waals surface area contributed by atoms with Crippen molar-refractivity contribution in [2.75, 3.05) is 13.7 Å². The molecule has 1 aromatic heterocycles. The van der Waals surface area contributed by atoms with E-state index < -0.39 is 12.0 Å². The number of allylic oxidation sites excluding steroid dienone is 1. The highest BCUT2D eigenvalue weighted by Gasteiger charge is 2.48. The molecule has 0 aliphatic carbocycles. The number of benzene rings is 2. The van der Waals surface area contributed by atoms with E-state index in [-0.39, 0.29) is 17.8 Å². The second kappa shape index (κ2) is 9.54. The summed E-state index contributed by atoms with van der Waals surface area (Å²) in [5, 5.41) is 2.09. The number of carbonyl (C=O) groups excluding carboxylic acids is 2. The number of aliphatic imine (C=N–C) groups is 1. The molecule has 1 fully saturated rings. The minimum atomic E-state index is -0.721. The van der Waals surface area contributed by atoms with Crippen molar-refractivity contribution in [3.8, 4) is 5.75 Å². The summed E-state index contributed by atoms with van der Waals surface area (Å²) in [6.45, 7) is 3.78. The maximum atomic E-state index is 13.9. The van der Waals surface area contributed by atoms with Crippen LogP contribution in [0.15, 0.2) is 77.2 Å². The second-order valence-corrected chi connectivity index (χ2v) is 9.47. The maximum Gasteiger partial charge on any atom is 0.338 e. The van der Waals surface area contributed by atoms with Crippen LogP contribution in [0.25, 0.3) is 10.8 Å². The number of amidine groups is 1. The van der Waals surface area contributed by atoms with Gasteiger partial charge in [-0.05, 0) is 48.7 Å². The van der Waals surface area contributed by atoms with E-state index in [0.717, 1.165) is 21.9 Å². The van der Waals surface area contributed by atoms with Gasteiger partial charge in [0.2, 0.25) is 5.91 Å². The molecule has 5 rings (SSSR count). The molecule has 2 unspecified atom stereocenters. The maximum absolute atomic E-state index is 13.9. The Kier molecular flexibility index (Phi) is 6.30. The summed E-state index contributed by atoms with van der Waals surface area (Å²) in [6.07, 6.45) is 3.99. The number of nitrogens with zero attached hydrogens (tertiary/aromatic N) is 3. The van der Waals surface area contributed by atoms with E-state index in [1.165, 1.54) is 11.8 Å². The Morgan fingerprint density at radius 1 is 1.14 bits per heavy atom. The Morgan fingerprint density at radius 3 is 2.71 bits per heavy atom. The number of methoxy groups -OCH3 is 1. The summed E-state index contributed by atoms with van der Waals surface area (Å²) in [5.74, 6) is 0.00578. The average Bonchev–Trinajstić information content (AvgIpc) is 3.17. The van der Waals surface area contributed by atoms with Crippen LogP contribution in [0.4, 0.5) is 0 Å². The molecule has 7 nitrogen and oxygen atoms in total. The third kappa shape index (κ3) is 4.08. The van der Waals surface area contributed by atoms with Gasteiger partial charge in [-0.1, -0.05) is 48.2 Å². The smallest absolute Gasteiger partial charge is 0.338 e. The topological polar surface area (TPSA) is 81.1 Å². The van der Waals surface area contributed by atoms with Crippen molar-refractivity contribution in [2.45, 2.75) is 31.6 Å². The number of hydrogen-bond acceptors (Lipinski definition) is 7. The number of pyridine rings is 1. The highest BCUT2D eigenvalue weighted by atomic mass is 32.2. The lowest BCUT2D eigenvalue weighted by atomic mass is 9.89. The van der Waals surface area contributed by atoms with Crippen LogP contribution in [-0.2, 0) is 20.7 Å². The molecule has 178 valence electrons. The normalized spacial score (nSPS) is 19.6. The molecule has 1 saturated heterocycles. The van der Waals surface area contributed by atoms with Crippen LogP contribution in [0, 0.1) is 0 Å². The zero-order valence-electron chi connectivity index (χ0n) is 19.7. The predicted octanol–water partition coefficient (Wildman–Crippen LogP) is 4.68. The fourth-order valence-corrected chi connectivity index (χ4v) is 5.91. The Hall–Kier alpha value is -3.65. The van der Waals surface area contributed by atoms with Crippen molar-refractivity contribution in [2.24, 2.45) is 4.99 Å². The molecule has 2 aliphatic heterocycles. The Bertz CT molecular complexity index is 1370. The molecule has 0 saturated carbocycles. The number of aromatic nitrogens is 1. The van der Waals surface area contributed by atoms with Crippen molar-refractivity contribution in [1.82, 2.24) is 9.88 Å². The van der Waals surface area contributed by atoms with Crippen molar-refractivity contribution in [1.29, 1.82) is 0 Å². The van der Waals surface area contributed by atoms with Crippen molar-refractivity contribution in [3.05, 3.63) is 83.3 Å². The lowest BCUT2D eigenvalue weighted by molar-refractivity contribution is -0.139. The van der Waals surface area contributed by atoms with E-state index in [2.05, 4.69) is 9.98 Å². The van der Waals surface area contributed by atoms with E-state index in [0.29, 0.717) is 28.6 Å². The Morgan fingerprint density at radius 2 is 1.97 bits per heavy atom.